The van der Waals surface area contributed by atoms with E-state index in [1.54, 1.807) is 11.4 Å². The van der Waals surface area contributed by atoms with Crippen LogP contribution in [0.1, 0.15) is 16.5 Å². The van der Waals surface area contributed by atoms with Crippen molar-refractivity contribution in [2.75, 3.05) is 0 Å². The molecule has 0 aliphatic rings. The molecule has 2 aromatic rings. The summed E-state index contributed by atoms with van der Waals surface area (Å²) in [6.45, 7) is 0. The maximum absolute atomic E-state index is 13.1. The Morgan fingerprint density at radius 2 is 1.76 bits per heavy atom. The predicted octanol–water partition coefficient (Wildman–Crippen LogP) is 4.38. The summed E-state index contributed by atoms with van der Waals surface area (Å²) in [4.78, 5) is 0.666. The van der Waals surface area contributed by atoms with E-state index in [-0.39, 0.29) is 5.02 Å². The second-order valence-electron chi connectivity index (χ2n) is 3.40. The highest BCUT2D eigenvalue weighted by Crippen LogP contribution is 2.34. The summed E-state index contributed by atoms with van der Waals surface area (Å²) in [7, 11) is 0. The maximum atomic E-state index is 13.1. The van der Waals surface area contributed by atoms with E-state index in [4.69, 9.17) is 28.9 Å². The molecular weight excluding hydrogens is 287 g/mol. The van der Waals surface area contributed by atoms with Crippen LogP contribution in [0, 0.1) is 11.6 Å². The van der Waals surface area contributed by atoms with E-state index in [0.29, 0.717) is 15.5 Å². The van der Waals surface area contributed by atoms with Gasteiger partial charge in [-0.3, -0.25) is 0 Å². The Hall–Kier alpha value is -0.680. The average molecular weight is 294 g/mol. The van der Waals surface area contributed by atoms with Crippen molar-refractivity contribution in [3.05, 3.63) is 55.7 Å². The number of rotatable bonds is 2. The maximum Gasteiger partial charge on any atom is 0.160 e. The van der Waals surface area contributed by atoms with Gasteiger partial charge in [0.1, 0.15) is 0 Å². The molecule has 0 amide bonds. The normalized spacial score (nSPS) is 12.8. The van der Waals surface area contributed by atoms with Gasteiger partial charge in [0.2, 0.25) is 0 Å². The second kappa shape index (κ2) is 4.90. The summed E-state index contributed by atoms with van der Waals surface area (Å²) in [6.07, 6.45) is 0. The third kappa shape index (κ3) is 2.45. The number of nitrogens with two attached hydrogens (primary N) is 1. The SMILES string of the molecule is NC(c1cc(F)c(F)cc1Cl)c1sccc1Cl. The molecule has 0 radical (unpaired) electrons. The van der Waals surface area contributed by atoms with Crippen molar-refractivity contribution >= 4 is 34.5 Å². The third-order valence-corrected chi connectivity index (χ3v) is 4.07. The first-order valence-corrected chi connectivity index (χ1v) is 6.27. The summed E-state index contributed by atoms with van der Waals surface area (Å²) in [5.41, 5.74) is 6.25. The monoisotopic (exact) mass is 293 g/mol. The fraction of sp³-hybridized carbons (Fsp3) is 0.0909. The molecule has 0 saturated carbocycles. The van der Waals surface area contributed by atoms with Crippen molar-refractivity contribution in [2.24, 2.45) is 5.73 Å². The molecule has 1 heterocycles. The molecule has 0 aliphatic heterocycles. The van der Waals surface area contributed by atoms with Crippen molar-refractivity contribution in [3.8, 4) is 0 Å². The molecule has 0 bridgehead atoms. The van der Waals surface area contributed by atoms with Crippen LogP contribution in [0.3, 0.4) is 0 Å². The molecule has 17 heavy (non-hydrogen) atoms. The van der Waals surface area contributed by atoms with Gasteiger partial charge in [-0.15, -0.1) is 11.3 Å². The van der Waals surface area contributed by atoms with Gasteiger partial charge in [-0.2, -0.15) is 0 Å². The van der Waals surface area contributed by atoms with Gasteiger partial charge in [0, 0.05) is 9.90 Å². The molecule has 1 unspecified atom stereocenters. The van der Waals surface area contributed by atoms with Gasteiger partial charge >= 0.3 is 0 Å². The summed E-state index contributed by atoms with van der Waals surface area (Å²) in [5.74, 6) is -1.98. The quantitative estimate of drug-likeness (QED) is 0.817. The standard InChI is InChI=1S/C11H7Cl2F2NS/c12-6-1-2-17-11(6)10(16)5-3-8(14)9(15)4-7(5)13/h1-4,10H,16H2. The van der Waals surface area contributed by atoms with Gasteiger partial charge in [0.05, 0.1) is 11.1 Å². The minimum absolute atomic E-state index is 0.0841. The summed E-state index contributed by atoms with van der Waals surface area (Å²) in [5, 5.41) is 2.34. The molecule has 0 aliphatic carbocycles. The second-order valence-corrected chi connectivity index (χ2v) is 5.16. The Bertz CT molecular complexity index is 556. The highest BCUT2D eigenvalue weighted by molar-refractivity contribution is 7.10. The smallest absolute Gasteiger partial charge is 0.160 e. The number of benzene rings is 1. The summed E-state index contributed by atoms with van der Waals surface area (Å²) >= 11 is 13.1. The van der Waals surface area contributed by atoms with Crippen LogP contribution in [-0.2, 0) is 0 Å². The molecule has 6 heteroatoms. The third-order valence-electron chi connectivity index (χ3n) is 2.30. The van der Waals surface area contributed by atoms with Crippen LogP contribution in [0.25, 0.3) is 0 Å². The van der Waals surface area contributed by atoms with Crippen molar-refractivity contribution < 1.29 is 8.78 Å². The Labute approximate surface area is 111 Å². The van der Waals surface area contributed by atoms with E-state index < -0.39 is 17.7 Å². The van der Waals surface area contributed by atoms with Crippen LogP contribution in [0.15, 0.2) is 23.6 Å². The number of hydrogen-bond acceptors (Lipinski definition) is 2. The Kier molecular flexibility index (Phi) is 3.68. The van der Waals surface area contributed by atoms with E-state index >= 15 is 0 Å². The zero-order valence-electron chi connectivity index (χ0n) is 8.38. The minimum Gasteiger partial charge on any atom is -0.320 e. The Balaban J connectivity index is 2.48. The van der Waals surface area contributed by atoms with E-state index in [0.717, 1.165) is 12.1 Å². The van der Waals surface area contributed by atoms with Crippen LogP contribution in [0.4, 0.5) is 8.78 Å². The van der Waals surface area contributed by atoms with Gasteiger partial charge in [0.25, 0.3) is 0 Å². The summed E-state index contributed by atoms with van der Waals surface area (Å²) < 4.78 is 26.1. The zero-order valence-corrected chi connectivity index (χ0v) is 10.7. The van der Waals surface area contributed by atoms with Gasteiger partial charge in [-0.25, -0.2) is 8.78 Å². The Morgan fingerprint density at radius 3 is 2.35 bits per heavy atom. The fourth-order valence-electron chi connectivity index (χ4n) is 1.44. The molecule has 1 aromatic heterocycles. The van der Waals surface area contributed by atoms with E-state index in [1.165, 1.54) is 11.3 Å². The first-order valence-electron chi connectivity index (χ1n) is 4.63. The highest BCUT2D eigenvalue weighted by atomic mass is 35.5. The van der Waals surface area contributed by atoms with E-state index in [2.05, 4.69) is 0 Å². The van der Waals surface area contributed by atoms with Crippen molar-refractivity contribution in [1.82, 2.24) is 0 Å². The van der Waals surface area contributed by atoms with Gasteiger partial charge in [-0.1, -0.05) is 23.2 Å². The number of halogens is 4. The molecular formula is C11H7Cl2F2NS. The lowest BCUT2D eigenvalue weighted by Gasteiger charge is -2.13. The molecule has 1 nitrogen and oxygen atoms in total. The van der Waals surface area contributed by atoms with Crippen LogP contribution in [-0.4, -0.2) is 0 Å². The number of hydrogen-bond donors (Lipinski definition) is 1. The van der Waals surface area contributed by atoms with Crippen molar-refractivity contribution in [2.45, 2.75) is 6.04 Å². The van der Waals surface area contributed by atoms with Crippen molar-refractivity contribution in [3.63, 3.8) is 0 Å². The molecule has 2 rings (SSSR count). The molecule has 2 N–H and O–H groups in total. The van der Waals surface area contributed by atoms with E-state index in [1.807, 2.05) is 0 Å². The van der Waals surface area contributed by atoms with Crippen molar-refractivity contribution in [1.29, 1.82) is 0 Å². The lowest BCUT2D eigenvalue weighted by atomic mass is 10.1. The number of thiophene rings is 1. The van der Waals surface area contributed by atoms with E-state index in [9.17, 15) is 8.78 Å². The predicted molar refractivity (Wildman–Crippen MR) is 66.7 cm³/mol. The average Bonchev–Trinajstić information content (AvgIpc) is 2.69. The highest BCUT2D eigenvalue weighted by Gasteiger charge is 2.19. The fourth-order valence-corrected chi connectivity index (χ4v) is 2.91. The van der Waals surface area contributed by atoms with Crippen LogP contribution in [0.2, 0.25) is 10.0 Å². The lowest BCUT2D eigenvalue weighted by molar-refractivity contribution is 0.506. The minimum atomic E-state index is -0.997. The topological polar surface area (TPSA) is 26.0 Å². The molecule has 0 saturated heterocycles. The van der Waals surface area contributed by atoms with Gasteiger partial charge in [0.15, 0.2) is 11.6 Å². The molecule has 1 aromatic carbocycles. The lowest BCUT2D eigenvalue weighted by Crippen LogP contribution is -2.12. The largest absolute Gasteiger partial charge is 0.320 e. The first kappa shape index (κ1) is 12.8. The molecule has 0 fully saturated rings. The van der Waals surface area contributed by atoms with Gasteiger partial charge in [-0.05, 0) is 29.1 Å². The van der Waals surface area contributed by atoms with Crippen LogP contribution in [0.5, 0.6) is 0 Å². The first-order chi connectivity index (χ1) is 8.00. The Morgan fingerprint density at radius 1 is 1.12 bits per heavy atom. The van der Waals surface area contributed by atoms with Crippen LogP contribution < -0.4 is 5.73 Å². The zero-order chi connectivity index (χ0) is 12.6. The molecule has 1 atom stereocenters. The summed E-state index contributed by atoms with van der Waals surface area (Å²) in [6, 6.07) is 2.94. The van der Waals surface area contributed by atoms with Crippen LogP contribution >= 0.6 is 34.5 Å². The van der Waals surface area contributed by atoms with Gasteiger partial charge < -0.3 is 5.73 Å². The molecule has 90 valence electrons. The molecule has 0 spiro atoms.